The third-order valence-corrected chi connectivity index (χ3v) is 3.92. The highest BCUT2D eigenvalue weighted by atomic mass is 16.5. The molecule has 2 atom stereocenters. The molecule has 112 valence electrons. The Morgan fingerprint density at radius 3 is 2.90 bits per heavy atom. The van der Waals surface area contributed by atoms with Gasteiger partial charge in [0.05, 0.1) is 6.61 Å². The van der Waals surface area contributed by atoms with Crippen molar-refractivity contribution >= 4 is 0 Å². The molecular formula is C17H28N2O. The van der Waals surface area contributed by atoms with Crippen LogP contribution in [0.4, 0.5) is 0 Å². The molecule has 1 N–H and O–H groups in total. The summed E-state index contributed by atoms with van der Waals surface area (Å²) in [4.78, 5) is 2.57. The lowest BCUT2D eigenvalue weighted by molar-refractivity contribution is 0.123. The van der Waals surface area contributed by atoms with Crippen LogP contribution in [-0.2, 0) is 11.2 Å². The van der Waals surface area contributed by atoms with Crippen LogP contribution in [0.25, 0.3) is 0 Å². The number of likely N-dealkylation sites (tertiary alicyclic amines) is 1. The molecule has 1 aliphatic rings. The first-order chi connectivity index (χ1) is 9.78. The lowest BCUT2D eigenvalue weighted by Gasteiger charge is -2.20. The van der Waals surface area contributed by atoms with Crippen LogP contribution in [0.15, 0.2) is 30.3 Å². The van der Waals surface area contributed by atoms with Gasteiger partial charge in [0, 0.05) is 31.8 Å². The molecule has 1 heterocycles. The van der Waals surface area contributed by atoms with Crippen LogP contribution in [0, 0.1) is 0 Å². The average molecular weight is 276 g/mol. The molecule has 1 saturated heterocycles. The van der Waals surface area contributed by atoms with E-state index in [9.17, 15) is 0 Å². The summed E-state index contributed by atoms with van der Waals surface area (Å²) in [5, 5.41) is 3.68. The van der Waals surface area contributed by atoms with Gasteiger partial charge in [-0.2, -0.15) is 0 Å². The molecule has 0 saturated carbocycles. The standard InChI is InChI=1S/C17H28N2O/c1-3-20-14-15(2)18-17-10-12-19(13-17)11-9-16-7-5-4-6-8-16/h4-8,15,17-18H,3,9-14H2,1-2H3. The summed E-state index contributed by atoms with van der Waals surface area (Å²) in [6, 6.07) is 11.8. The van der Waals surface area contributed by atoms with Gasteiger partial charge in [0.15, 0.2) is 0 Å². The number of benzene rings is 1. The van der Waals surface area contributed by atoms with Crippen molar-refractivity contribution in [2.75, 3.05) is 32.8 Å². The van der Waals surface area contributed by atoms with E-state index in [2.05, 4.69) is 47.5 Å². The van der Waals surface area contributed by atoms with Crippen molar-refractivity contribution in [1.29, 1.82) is 0 Å². The largest absolute Gasteiger partial charge is 0.380 e. The zero-order chi connectivity index (χ0) is 14.2. The topological polar surface area (TPSA) is 24.5 Å². The molecule has 20 heavy (non-hydrogen) atoms. The number of nitrogens with zero attached hydrogens (tertiary/aromatic N) is 1. The van der Waals surface area contributed by atoms with E-state index in [0.29, 0.717) is 12.1 Å². The number of ether oxygens (including phenoxy) is 1. The number of rotatable bonds is 8. The maximum atomic E-state index is 5.46. The molecule has 0 aromatic heterocycles. The number of nitrogens with one attached hydrogen (secondary N) is 1. The second-order valence-corrected chi connectivity index (χ2v) is 5.75. The molecule has 0 spiro atoms. The normalized spacial score (nSPS) is 21.2. The zero-order valence-corrected chi connectivity index (χ0v) is 12.8. The second-order valence-electron chi connectivity index (χ2n) is 5.75. The van der Waals surface area contributed by atoms with Crippen LogP contribution in [0.5, 0.6) is 0 Å². The highest BCUT2D eigenvalue weighted by Gasteiger charge is 2.22. The van der Waals surface area contributed by atoms with Crippen LogP contribution in [0.2, 0.25) is 0 Å². The van der Waals surface area contributed by atoms with E-state index in [-0.39, 0.29) is 0 Å². The van der Waals surface area contributed by atoms with Crippen LogP contribution >= 0.6 is 0 Å². The first-order valence-corrected chi connectivity index (χ1v) is 7.88. The molecular weight excluding hydrogens is 248 g/mol. The molecule has 1 aliphatic heterocycles. The van der Waals surface area contributed by atoms with Crippen molar-refractivity contribution in [3.05, 3.63) is 35.9 Å². The van der Waals surface area contributed by atoms with Gasteiger partial charge in [-0.05, 0) is 38.8 Å². The Morgan fingerprint density at radius 1 is 1.35 bits per heavy atom. The fourth-order valence-corrected chi connectivity index (χ4v) is 2.85. The SMILES string of the molecule is CCOCC(C)NC1CCN(CCc2ccccc2)C1. The van der Waals surface area contributed by atoms with Crippen molar-refractivity contribution in [3.8, 4) is 0 Å². The molecule has 1 aromatic rings. The Hall–Kier alpha value is -0.900. The van der Waals surface area contributed by atoms with Crippen LogP contribution in [0.1, 0.15) is 25.8 Å². The quantitative estimate of drug-likeness (QED) is 0.788. The predicted octanol–water partition coefficient (Wildman–Crippen LogP) is 2.32. The fraction of sp³-hybridized carbons (Fsp3) is 0.647. The Balaban J connectivity index is 1.65. The molecule has 2 rings (SSSR count). The lowest BCUT2D eigenvalue weighted by Crippen LogP contribution is -2.41. The Labute approximate surface area is 123 Å². The van der Waals surface area contributed by atoms with Gasteiger partial charge in [-0.25, -0.2) is 0 Å². The monoisotopic (exact) mass is 276 g/mol. The van der Waals surface area contributed by atoms with Crippen LogP contribution < -0.4 is 5.32 Å². The molecule has 0 bridgehead atoms. The highest BCUT2D eigenvalue weighted by molar-refractivity contribution is 5.14. The summed E-state index contributed by atoms with van der Waals surface area (Å²) in [7, 11) is 0. The third-order valence-electron chi connectivity index (χ3n) is 3.92. The smallest absolute Gasteiger partial charge is 0.0616 e. The van der Waals surface area contributed by atoms with Crippen molar-refractivity contribution in [3.63, 3.8) is 0 Å². The van der Waals surface area contributed by atoms with Crippen LogP contribution in [0.3, 0.4) is 0 Å². The molecule has 2 unspecified atom stereocenters. The number of hydrogen-bond donors (Lipinski definition) is 1. The van der Waals surface area contributed by atoms with E-state index in [4.69, 9.17) is 4.74 Å². The molecule has 0 radical (unpaired) electrons. The maximum Gasteiger partial charge on any atom is 0.0616 e. The zero-order valence-electron chi connectivity index (χ0n) is 12.8. The molecule has 3 heteroatoms. The molecule has 0 aliphatic carbocycles. The van der Waals surface area contributed by atoms with E-state index in [0.717, 1.165) is 19.6 Å². The van der Waals surface area contributed by atoms with Gasteiger partial charge in [-0.3, -0.25) is 0 Å². The van der Waals surface area contributed by atoms with Gasteiger partial charge < -0.3 is 15.0 Å². The second kappa shape index (κ2) is 8.40. The molecule has 1 aromatic carbocycles. The van der Waals surface area contributed by atoms with E-state index in [1.54, 1.807) is 0 Å². The van der Waals surface area contributed by atoms with Gasteiger partial charge in [0.25, 0.3) is 0 Å². The van der Waals surface area contributed by atoms with Gasteiger partial charge in [-0.1, -0.05) is 30.3 Å². The first-order valence-electron chi connectivity index (χ1n) is 7.88. The van der Waals surface area contributed by atoms with Crippen LogP contribution in [-0.4, -0.2) is 49.8 Å². The van der Waals surface area contributed by atoms with Gasteiger partial charge in [0.1, 0.15) is 0 Å². The molecule has 1 fully saturated rings. The Bertz CT molecular complexity index is 369. The first kappa shape index (κ1) is 15.5. The van der Waals surface area contributed by atoms with E-state index >= 15 is 0 Å². The Morgan fingerprint density at radius 2 is 2.15 bits per heavy atom. The van der Waals surface area contributed by atoms with Crippen molar-refractivity contribution in [2.45, 2.75) is 38.8 Å². The fourth-order valence-electron chi connectivity index (χ4n) is 2.85. The summed E-state index contributed by atoms with van der Waals surface area (Å²) < 4.78 is 5.46. The van der Waals surface area contributed by atoms with Gasteiger partial charge in [0.2, 0.25) is 0 Å². The predicted molar refractivity (Wildman–Crippen MR) is 84.1 cm³/mol. The van der Waals surface area contributed by atoms with Crippen molar-refractivity contribution < 1.29 is 4.74 Å². The lowest BCUT2D eigenvalue weighted by atomic mass is 10.1. The van der Waals surface area contributed by atoms with Crippen molar-refractivity contribution in [1.82, 2.24) is 10.2 Å². The van der Waals surface area contributed by atoms with E-state index in [1.165, 1.54) is 31.6 Å². The summed E-state index contributed by atoms with van der Waals surface area (Å²) >= 11 is 0. The Kier molecular flexibility index (Phi) is 6.51. The van der Waals surface area contributed by atoms with E-state index < -0.39 is 0 Å². The minimum Gasteiger partial charge on any atom is -0.380 e. The molecule has 0 amide bonds. The summed E-state index contributed by atoms with van der Waals surface area (Å²) in [6.45, 7) is 9.43. The summed E-state index contributed by atoms with van der Waals surface area (Å²) in [6.07, 6.45) is 2.41. The third kappa shape index (κ3) is 5.23. The number of hydrogen-bond acceptors (Lipinski definition) is 3. The summed E-state index contributed by atoms with van der Waals surface area (Å²) in [5.41, 5.74) is 1.44. The van der Waals surface area contributed by atoms with Crippen molar-refractivity contribution in [2.24, 2.45) is 0 Å². The average Bonchev–Trinajstić information content (AvgIpc) is 2.91. The summed E-state index contributed by atoms with van der Waals surface area (Å²) in [5.74, 6) is 0. The van der Waals surface area contributed by atoms with Gasteiger partial charge in [-0.15, -0.1) is 0 Å². The highest BCUT2D eigenvalue weighted by Crippen LogP contribution is 2.11. The minimum absolute atomic E-state index is 0.453. The van der Waals surface area contributed by atoms with E-state index in [1.807, 2.05) is 6.92 Å². The van der Waals surface area contributed by atoms with Gasteiger partial charge >= 0.3 is 0 Å². The maximum absolute atomic E-state index is 5.46. The minimum atomic E-state index is 0.453. The molecule has 3 nitrogen and oxygen atoms in total.